The van der Waals surface area contributed by atoms with Crippen LogP contribution < -0.4 is 5.32 Å². The van der Waals surface area contributed by atoms with Gasteiger partial charge in [-0.05, 0) is 30.9 Å². The summed E-state index contributed by atoms with van der Waals surface area (Å²) in [4.78, 5) is 38.2. The van der Waals surface area contributed by atoms with Gasteiger partial charge in [0.05, 0.1) is 18.4 Å². The normalized spacial score (nSPS) is 15.1. The largest absolute Gasteiger partial charge is 0.465 e. The molecule has 25 heavy (non-hydrogen) atoms. The molecule has 1 aliphatic heterocycles. The maximum absolute atomic E-state index is 12.5. The fraction of sp³-hybridized carbons (Fsp3) is 0.526. The van der Waals surface area contributed by atoms with Crippen molar-refractivity contribution in [2.75, 3.05) is 25.5 Å². The summed E-state index contributed by atoms with van der Waals surface area (Å²) in [5.41, 5.74) is 0.792. The van der Waals surface area contributed by atoms with Gasteiger partial charge in [0.15, 0.2) is 0 Å². The fourth-order valence-electron chi connectivity index (χ4n) is 2.98. The molecule has 6 nitrogen and oxygen atoms in total. The number of carbonyl (C=O) groups is 3. The summed E-state index contributed by atoms with van der Waals surface area (Å²) in [6.45, 7) is 5.25. The molecule has 0 atom stereocenters. The summed E-state index contributed by atoms with van der Waals surface area (Å²) < 4.78 is 4.74. The maximum Gasteiger partial charge on any atom is 0.339 e. The lowest BCUT2D eigenvalue weighted by Crippen LogP contribution is -2.41. The SMILES string of the molecule is COC(=O)c1ccccc1NC(=O)C1CCN(C(=O)CC(C)C)CC1. The molecule has 0 saturated carbocycles. The average molecular weight is 346 g/mol. The summed E-state index contributed by atoms with van der Waals surface area (Å²) in [6.07, 6.45) is 1.81. The van der Waals surface area contributed by atoms with Gasteiger partial charge in [-0.2, -0.15) is 0 Å². The Morgan fingerprint density at radius 2 is 1.84 bits per heavy atom. The van der Waals surface area contributed by atoms with Crippen LogP contribution in [-0.4, -0.2) is 42.9 Å². The Morgan fingerprint density at radius 3 is 2.44 bits per heavy atom. The molecule has 1 N–H and O–H groups in total. The third-order valence-electron chi connectivity index (χ3n) is 4.39. The van der Waals surface area contributed by atoms with E-state index >= 15 is 0 Å². The van der Waals surface area contributed by atoms with Crippen LogP contribution in [0.4, 0.5) is 5.69 Å². The van der Waals surface area contributed by atoms with Crippen LogP contribution in [0, 0.1) is 11.8 Å². The number of carbonyl (C=O) groups excluding carboxylic acids is 3. The molecule has 0 aliphatic carbocycles. The number of benzene rings is 1. The molecule has 0 bridgehead atoms. The summed E-state index contributed by atoms with van der Waals surface area (Å²) in [7, 11) is 1.31. The monoisotopic (exact) mass is 346 g/mol. The number of piperidine rings is 1. The van der Waals surface area contributed by atoms with Crippen LogP contribution in [-0.2, 0) is 14.3 Å². The van der Waals surface area contributed by atoms with E-state index in [0.717, 1.165) is 0 Å². The van der Waals surface area contributed by atoms with E-state index in [9.17, 15) is 14.4 Å². The van der Waals surface area contributed by atoms with Gasteiger partial charge in [-0.3, -0.25) is 9.59 Å². The number of ether oxygens (including phenoxy) is 1. The van der Waals surface area contributed by atoms with E-state index in [1.165, 1.54) is 7.11 Å². The highest BCUT2D eigenvalue weighted by Gasteiger charge is 2.28. The minimum absolute atomic E-state index is 0.118. The fourth-order valence-corrected chi connectivity index (χ4v) is 2.98. The van der Waals surface area contributed by atoms with E-state index in [1.807, 2.05) is 18.7 Å². The molecule has 136 valence electrons. The number of methoxy groups -OCH3 is 1. The van der Waals surface area contributed by atoms with Gasteiger partial charge in [-0.1, -0.05) is 26.0 Å². The third-order valence-corrected chi connectivity index (χ3v) is 4.39. The van der Waals surface area contributed by atoms with E-state index in [1.54, 1.807) is 24.3 Å². The second-order valence-corrected chi connectivity index (χ2v) is 6.78. The summed E-state index contributed by atoms with van der Waals surface area (Å²) in [6, 6.07) is 6.79. The standard InChI is InChI=1S/C19H26N2O4/c1-13(2)12-17(22)21-10-8-14(9-11-21)18(23)20-16-7-5-4-6-15(16)19(24)25-3/h4-7,13-14H,8-12H2,1-3H3,(H,20,23). The number of nitrogens with zero attached hydrogens (tertiary/aromatic N) is 1. The Bertz CT molecular complexity index is 634. The first-order valence-corrected chi connectivity index (χ1v) is 8.68. The van der Waals surface area contributed by atoms with Crippen LogP contribution >= 0.6 is 0 Å². The van der Waals surface area contributed by atoms with E-state index in [2.05, 4.69) is 5.32 Å². The first-order valence-electron chi connectivity index (χ1n) is 8.68. The van der Waals surface area contributed by atoms with Crippen molar-refractivity contribution in [2.45, 2.75) is 33.1 Å². The molecule has 1 aromatic rings. The summed E-state index contributed by atoms with van der Waals surface area (Å²) in [5, 5.41) is 2.83. The number of hydrogen-bond acceptors (Lipinski definition) is 4. The molecule has 6 heteroatoms. The Hall–Kier alpha value is -2.37. The van der Waals surface area contributed by atoms with Gasteiger partial charge in [0, 0.05) is 25.4 Å². The Morgan fingerprint density at radius 1 is 1.20 bits per heavy atom. The number of rotatable bonds is 5. The van der Waals surface area contributed by atoms with Gasteiger partial charge >= 0.3 is 5.97 Å². The van der Waals surface area contributed by atoms with E-state index in [0.29, 0.717) is 49.5 Å². The maximum atomic E-state index is 12.5. The highest BCUT2D eigenvalue weighted by molar-refractivity contribution is 6.01. The van der Waals surface area contributed by atoms with Crippen molar-refractivity contribution in [3.05, 3.63) is 29.8 Å². The molecule has 0 aromatic heterocycles. The van der Waals surface area contributed by atoms with Crippen LogP contribution in [0.1, 0.15) is 43.5 Å². The number of anilines is 1. The van der Waals surface area contributed by atoms with Crippen molar-refractivity contribution in [1.82, 2.24) is 4.90 Å². The molecule has 2 amide bonds. The molecular formula is C19H26N2O4. The molecule has 0 radical (unpaired) electrons. The van der Waals surface area contributed by atoms with Gasteiger partial charge in [0.1, 0.15) is 0 Å². The van der Waals surface area contributed by atoms with Crippen molar-refractivity contribution in [2.24, 2.45) is 11.8 Å². The van der Waals surface area contributed by atoms with Gasteiger partial charge in [-0.25, -0.2) is 4.79 Å². The zero-order valence-corrected chi connectivity index (χ0v) is 15.1. The van der Waals surface area contributed by atoms with E-state index in [4.69, 9.17) is 4.74 Å². The number of esters is 1. The molecular weight excluding hydrogens is 320 g/mol. The molecule has 1 aliphatic rings. The van der Waals surface area contributed by atoms with E-state index in [-0.39, 0.29) is 17.7 Å². The quantitative estimate of drug-likeness (QED) is 0.832. The molecule has 1 aromatic carbocycles. The topological polar surface area (TPSA) is 75.7 Å². The first kappa shape index (κ1) is 19.0. The minimum atomic E-state index is -0.481. The average Bonchev–Trinajstić information content (AvgIpc) is 2.61. The highest BCUT2D eigenvalue weighted by Crippen LogP contribution is 2.22. The molecule has 1 heterocycles. The molecule has 0 spiro atoms. The minimum Gasteiger partial charge on any atom is -0.465 e. The van der Waals surface area contributed by atoms with Crippen LogP contribution in [0.15, 0.2) is 24.3 Å². The van der Waals surface area contributed by atoms with Crippen molar-refractivity contribution < 1.29 is 19.1 Å². The zero-order chi connectivity index (χ0) is 18.4. The van der Waals surface area contributed by atoms with Crippen molar-refractivity contribution in [3.63, 3.8) is 0 Å². The smallest absolute Gasteiger partial charge is 0.339 e. The van der Waals surface area contributed by atoms with Crippen LogP contribution in [0.5, 0.6) is 0 Å². The lowest BCUT2D eigenvalue weighted by atomic mass is 9.95. The van der Waals surface area contributed by atoms with Crippen LogP contribution in [0.25, 0.3) is 0 Å². The van der Waals surface area contributed by atoms with Crippen LogP contribution in [0.3, 0.4) is 0 Å². The van der Waals surface area contributed by atoms with Gasteiger partial charge in [-0.15, -0.1) is 0 Å². The van der Waals surface area contributed by atoms with E-state index < -0.39 is 5.97 Å². The van der Waals surface area contributed by atoms with Gasteiger partial charge < -0.3 is 15.0 Å². The number of para-hydroxylation sites is 1. The number of nitrogens with one attached hydrogen (secondary N) is 1. The Kier molecular flexibility index (Phi) is 6.56. The van der Waals surface area contributed by atoms with Crippen molar-refractivity contribution in [3.8, 4) is 0 Å². The van der Waals surface area contributed by atoms with Crippen LogP contribution in [0.2, 0.25) is 0 Å². The molecule has 2 rings (SSSR count). The Balaban J connectivity index is 1.94. The number of hydrogen-bond donors (Lipinski definition) is 1. The first-order chi connectivity index (χ1) is 11.9. The predicted octanol–water partition coefficient (Wildman–Crippen LogP) is 2.70. The third kappa shape index (κ3) is 5.05. The zero-order valence-electron chi connectivity index (χ0n) is 15.1. The predicted molar refractivity (Wildman–Crippen MR) is 95.2 cm³/mol. The summed E-state index contributed by atoms with van der Waals surface area (Å²) in [5.74, 6) is -0.264. The van der Waals surface area contributed by atoms with Gasteiger partial charge in [0.2, 0.25) is 11.8 Å². The number of amides is 2. The van der Waals surface area contributed by atoms with Crippen molar-refractivity contribution in [1.29, 1.82) is 0 Å². The lowest BCUT2D eigenvalue weighted by molar-refractivity contribution is -0.135. The Labute approximate surface area is 148 Å². The number of likely N-dealkylation sites (tertiary alicyclic amines) is 1. The van der Waals surface area contributed by atoms with Gasteiger partial charge in [0.25, 0.3) is 0 Å². The molecule has 0 unspecified atom stereocenters. The highest BCUT2D eigenvalue weighted by atomic mass is 16.5. The summed E-state index contributed by atoms with van der Waals surface area (Å²) >= 11 is 0. The van der Waals surface area contributed by atoms with Crippen molar-refractivity contribution >= 4 is 23.5 Å². The second-order valence-electron chi connectivity index (χ2n) is 6.78. The lowest BCUT2D eigenvalue weighted by Gasteiger charge is -2.32. The molecule has 1 saturated heterocycles. The molecule has 1 fully saturated rings. The second kappa shape index (κ2) is 8.65.